The zero-order valence-corrected chi connectivity index (χ0v) is 13.8. The average molecular weight is 411 g/mol. The number of hydrogen-bond donors (Lipinski definition) is 0. The van der Waals surface area contributed by atoms with Crippen molar-refractivity contribution in [3.8, 4) is 0 Å². The molecule has 110 valence electrons. The zero-order valence-electron chi connectivity index (χ0n) is 11.9. The van der Waals surface area contributed by atoms with Crippen molar-refractivity contribution in [2.75, 3.05) is 0 Å². The van der Waals surface area contributed by atoms with Gasteiger partial charge >= 0.3 is 133 Å². The molecule has 1 aromatic rings. The Kier molecular flexibility index (Phi) is 6.31. The van der Waals surface area contributed by atoms with Crippen LogP contribution in [0.2, 0.25) is 0 Å². The van der Waals surface area contributed by atoms with Gasteiger partial charge in [-0.3, -0.25) is 0 Å². The van der Waals surface area contributed by atoms with Crippen LogP contribution in [0.15, 0.2) is 30.3 Å². The van der Waals surface area contributed by atoms with Gasteiger partial charge < -0.3 is 0 Å². The summed E-state index contributed by atoms with van der Waals surface area (Å²) in [5.74, 6) is -1.42. The summed E-state index contributed by atoms with van der Waals surface area (Å²) in [7, 11) is 0.856. The number of benzene rings is 1. The van der Waals surface area contributed by atoms with Gasteiger partial charge in [-0.1, -0.05) is 0 Å². The van der Waals surface area contributed by atoms with Crippen molar-refractivity contribution in [3.05, 3.63) is 35.9 Å². The molecule has 0 saturated carbocycles. The van der Waals surface area contributed by atoms with E-state index in [1.54, 1.807) is 30.3 Å². The molecule has 0 heterocycles. The van der Waals surface area contributed by atoms with Crippen LogP contribution in [-0.4, -0.2) is 23.8 Å². The first-order chi connectivity index (χ1) is 9.95. The van der Waals surface area contributed by atoms with Crippen molar-refractivity contribution in [1.82, 2.24) is 0 Å². The summed E-state index contributed by atoms with van der Waals surface area (Å²) in [4.78, 5) is 34.8. The molecule has 0 N–H and O–H groups in total. The van der Waals surface area contributed by atoms with Gasteiger partial charge in [0.25, 0.3) is 0 Å². The molecule has 2 atom stereocenters. The van der Waals surface area contributed by atoms with Crippen molar-refractivity contribution in [2.45, 2.75) is 26.1 Å². The van der Waals surface area contributed by atoms with Crippen molar-refractivity contribution >= 4 is 26.0 Å². The zero-order chi connectivity index (χ0) is 15.8. The fourth-order valence-electron chi connectivity index (χ4n) is 1.39. The Labute approximate surface area is 133 Å². The number of halogens is 1. The molecule has 0 aliphatic carbocycles. The summed E-state index contributed by atoms with van der Waals surface area (Å²) in [6.07, 6.45) is -2.18. The van der Waals surface area contributed by atoms with Crippen LogP contribution in [-0.2, 0) is 23.9 Å². The summed E-state index contributed by atoms with van der Waals surface area (Å²) in [5.41, 5.74) is 0.470. The molecule has 20 heavy (non-hydrogen) atoms. The Morgan fingerprint density at radius 1 is 1.25 bits per heavy atom. The summed E-state index contributed by atoms with van der Waals surface area (Å²) in [6, 6.07) is 8.43. The van der Waals surface area contributed by atoms with Crippen molar-refractivity contribution in [1.29, 1.82) is 0.594 Å². The van der Waals surface area contributed by atoms with E-state index in [1.165, 1.54) is 13.8 Å². The number of rotatable bonds is 6. The van der Waals surface area contributed by atoms with E-state index < -0.39 is 45.2 Å². The van der Waals surface area contributed by atoms with Crippen LogP contribution in [0.25, 0.3) is 0 Å². The third-order valence-corrected chi connectivity index (χ3v) is 4.09. The number of carbonyl (C=O) groups excluding carboxylic acids is 3. The fraction of sp³-hybridized carbons (Fsp3) is 0.308. The van der Waals surface area contributed by atoms with E-state index in [9.17, 15) is 14.4 Å². The molecule has 7 heteroatoms. The number of esters is 2. The number of carbonyl (C=O) groups is 3. The van der Waals surface area contributed by atoms with Crippen LogP contribution in [0.4, 0.5) is 0 Å². The second-order valence-corrected chi connectivity index (χ2v) is 5.75. The average Bonchev–Trinajstić information content (AvgIpc) is 2.45. The van der Waals surface area contributed by atoms with Gasteiger partial charge in [0.15, 0.2) is 0 Å². The Morgan fingerprint density at radius 2 is 1.90 bits per heavy atom. The number of ether oxygens (including phenoxy) is 2. The molecule has 0 aromatic heterocycles. The molecular formula is C13H14IO5S-. The van der Waals surface area contributed by atoms with E-state index in [2.05, 4.69) is 0 Å². The number of hydrogen-bond acceptors (Lipinski definition) is 6. The second kappa shape index (κ2) is 8.25. The molecule has 0 spiro atoms. The molecule has 0 aliphatic heterocycles. The SMILES string of the molecule is [3H][I-]SC(=O)[C@H](C)OC(=O)[C@@H](OC(C)=O)c1ccccc1. The van der Waals surface area contributed by atoms with Crippen molar-refractivity contribution < 1.29 is 44.9 Å². The van der Waals surface area contributed by atoms with E-state index in [0.717, 1.165) is 8.93 Å². The molecular weight excluding hydrogens is 395 g/mol. The molecule has 0 bridgehead atoms. The van der Waals surface area contributed by atoms with Gasteiger partial charge in [0.1, 0.15) is 0 Å². The fourth-order valence-corrected chi connectivity index (χ4v) is 2.64. The van der Waals surface area contributed by atoms with E-state index >= 15 is 0 Å². The molecule has 0 aliphatic rings. The molecule has 5 nitrogen and oxygen atoms in total. The summed E-state index contributed by atoms with van der Waals surface area (Å²) in [6.45, 7) is 2.63. The molecule has 0 amide bonds. The van der Waals surface area contributed by atoms with Gasteiger partial charge in [-0.25, -0.2) is 0 Å². The first-order valence-electron chi connectivity index (χ1n) is 6.08. The topological polar surface area (TPSA) is 69.7 Å². The Balaban J connectivity index is 2.82. The van der Waals surface area contributed by atoms with Gasteiger partial charge in [0.05, 0.1) is 0 Å². The summed E-state index contributed by atoms with van der Waals surface area (Å²) < 4.78 is 17.1. The van der Waals surface area contributed by atoms with E-state index in [0.29, 0.717) is 5.56 Å². The van der Waals surface area contributed by atoms with E-state index in [4.69, 9.17) is 10.1 Å². The summed E-state index contributed by atoms with van der Waals surface area (Å²) in [5, 5.41) is -0.374. The van der Waals surface area contributed by atoms with E-state index in [-0.39, 0.29) is 5.12 Å². The quantitative estimate of drug-likeness (QED) is 0.428. The van der Waals surface area contributed by atoms with Crippen LogP contribution < -0.4 is 21.0 Å². The minimum atomic E-state index is -1.20. The van der Waals surface area contributed by atoms with Crippen LogP contribution >= 0.6 is 8.93 Å². The van der Waals surface area contributed by atoms with Crippen LogP contribution in [0, 0.1) is 0 Å². The second-order valence-electron chi connectivity index (χ2n) is 3.88. The maximum absolute atomic E-state index is 12.1. The molecule has 0 fully saturated rings. The molecule has 0 saturated heterocycles. The Morgan fingerprint density at radius 3 is 2.45 bits per heavy atom. The molecule has 1 rings (SSSR count). The van der Waals surface area contributed by atoms with Gasteiger partial charge in [-0.15, -0.1) is 0 Å². The Bertz CT molecular complexity index is 511. The van der Waals surface area contributed by atoms with Crippen LogP contribution in [0.3, 0.4) is 0 Å². The standard InChI is InChI=1S/C13H14IO5S/c1-8(13(17)20-14)18-12(16)11(19-9(2)15)10-6-4-3-5-7-10/h3-8,11,14H,1-2H3/q-1/t8-,11-/m0/s1/i14T. The Hall–Kier alpha value is -1.09. The molecule has 0 radical (unpaired) electrons. The van der Waals surface area contributed by atoms with Gasteiger partial charge in [0, 0.05) is 0 Å². The van der Waals surface area contributed by atoms with E-state index in [1.807, 2.05) is 0 Å². The monoisotopic (exact) mass is 411 g/mol. The van der Waals surface area contributed by atoms with Crippen LogP contribution in [0.5, 0.6) is 0 Å². The predicted octanol–water partition coefficient (Wildman–Crippen LogP) is -1.32. The third-order valence-electron chi connectivity index (χ3n) is 2.30. The first-order valence-corrected chi connectivity index (χ1v) is 9.06. The van der Waals surface area contributed by atoms with Crippen molar-refractivity contribution in [3.63, 3.8) is 0 Å². The van der Waals surface area contributed by atoms with Crippen molar-refractivity contribution in [2.24, 2.45) is 0 Å². The molecule has 0 unspecified atom stereocenters. The predicted molar refractivity (Wildman–Crippen MR) is 70.5 cm³/mol. The normalized spacial score (nSPS) is 14.0. The van der Waals surface area contributed by atoms with Gasteiger partial charge in [-0.2, -0.15) is 0 Å². The minimum absolute atomic E-state index is 0.374. The third kappa shape index (κ3) is 5.12. The molecule has 1 aromatic carbocycles. The van der Waals surface area contributed by atoms with Crippen LogP contribution in [0.1, 0.15) is 25.5 Å². The summed E-state index contributed by atoms with van der Waals surface area (Å²) >= 11 is -1.03. The first kappa shape index (κ1) is 15.3. The van der Waals surface area contributed by atoms with Gasteiger partial charge in [-0.05, 0) is 0 Å². The maximum atomic E-state index is 12.1. The van der Waals surface area contributed by atoms with Gasteiger partial charge in [0.2, 0.25) is 0 Å².